The van der Waals surface area contributed by atoms with Crippen LogP contribution in [-0.2, 0) is 0 Å². The topological polar surface area (TPSA) is 69.6 Å². The Kier molecular flexibility index (Phi) is 7.82. The molecule has 0 bridgehead atoms. The summed E-state index contributed by atoms with van der Waals surface area (Å²) in [7, 11) is 0. The first-order valence-corrected chi connectivity index (χ1v) is 9.06. The zero-order valence-electron chi connectivity index (χ0n) is 15.2. The van der Waals surface area contributed by atoms with E-state index in [-0.39, 0.29) is 29.6 Å². The SMILES string of the molecule is Cl.O=Cc1cc(-c2cccc(C(=O)NCCN3CCCCC3)c2)ccc1O. The van der Waals surface area contributed by atoms with Crippen molar-refractivity contribution < 1.29 is 14.7 Å². The molecular formula is C21H25ClN2O3. The number of aldehydes is 1. The number of halogens is 1. The molecule has 2 aromatic rings. The Labute approximate surface area is 165 Å². The average Bonchev–Trinajstić information content (AvgIpc) is 2.69. The van der Waals surface area contributed by atoms with Gasteiger partial charge in [-0.25, -0.2) is 0 Å². The summed E-state index contributed by atoms with van der Waals surface area (Å²) in [4.78, 5) is 25.8. The van der Waals surface area contributed by atoms with Gasteiger partial charge in [0.25, 0.3) is 5.91 Å². The van der Waals surface area contributed by atoms with E-state index < -0.39 is 0 Å². The van der Waals surface area contributed by atoms with Gasteiger partial charge in [-0.15, -0.1) is 12.4 Å². The fourth-order valence-electron chi connectivity index (χ4n) is 3.28. The number of phenolic OH excluding ortho intramolecular Hbond substituents is 1. The molecule has 0 radical (unpaired) electrons. The van der Waals surface area contributed by atoms with E-state index in [2.05, 4.69) is 10.2 Å². The van der Waals surface area contributed by atoms with E-state index >= 15 is 0 Å². The van der Waals surface area contributed by atoms with Crippen molar-refractivity contribution in [3.63, 3.8) is 0 Å². The molecule has 2 N–H and O–H groups in total. The number of carbonyl (C=O) groups excluding carboxylic acids is 2. The molecule has 1 aliphatic rings. The Hall–Kier alpha value is -2.37. The molecule has 27 heavy (non-hydrogen) atoms. The molecule has 0 saturated carbocycles. The van der Waals surface area contributed by atoms with Crippen LogP contribution in [0.15, 0.2) is 42.5 Å². The Morgan fingerprint density at radius 2 is 1.81 bits per heavy atom. The number of nitrogens with zero attached hydrogens (tertiary/aromatic N) is 1. The van der Waals surface area contributed by atoms with Gasteiger partial charge in [0.1, 0.15) is 5.75 Å². The van der Waals surface area contributed by atoms with E-state index in [4.69, 9.17) is 0 Å². The summed E-state index contributed by atoms with van der Waals surface area (Å²) in [5.41, 5.74) is 2.44. The van der Waals surface area contributed by atoms with Crippen LogP contribution >= 0.6 is 12.4 Å². The maximum atomic E-state index is 12.4. The molecule has 1 heterocycles. The van der Waals surface area contributed by atoms with Gasteiger partial charge in [-0.1, -0.05) is 24.6 Å². The highest BCUT2D eigenvalue weighted by atomic mass is 35.5. The van der Waals surface area contributed by atoms with Gasteiger partial charge in [0, 0.05) is 18.7 Å². The van der Waals surface area contributed by atoms with Gasteiger partial charge in [-0.2, -0.15) is 0 Å². The van der Waals surface area contributed by atoms with Crippen LogP contribution in [0.5, 0.6) is 5.75 Å². The number of phenols is 1. The number of hydrogen-bond donors (Lipinski definition) is 2. The number of aromatic hydroxyl groups is 1. The zero-order valence-corrected chi connectivity index (χ0v) is 16.0. The summed E-state index contributed by atoms with van der Waals surface area (Å²) >= 11 is 0. The van der Waals surface area contributed by atoms with Crippen LogP contribution in [0.25, 0.3) is 11.1 Å². The first-order chi connectivity index (χ1) is 12.7. The maximum Gasteiger partial charge on any atom is 0.251 e. The number of rotatable bonds is 6. The fraction of sp³-hybridized carbons (Fsp3) is 0.333. The van der Waals surface area contributed by atoms with Gasteiger partial charge in [-0.05, 0) is 61.3 Å². The summed E-state index contributed by atoms with van der Waals surface area (Å²) in [5, 5.41) is 12.6. The lowest BCUT2D eigenvalue weighted by Gasteiger charge is -2.26. The predicted octanol–water partition coefficient (Wildman–Crippen LogP) is 3.51. The summed E-state index contributed by atoms with van der Waals surface area (Å²) < 4.78 is 0. The molecule has 0 aliphatic carbocycles. The number of hydrogen-bond acceptors (Lipinski definition) is 4. The lowest BCUT2D eigenvalue weighted by molar-refractivity contribution is 0.0946. The molecule has 2 aromatic carbocycles. The minimum atomic E-state index is -0.0988. The van der Waals surface area contributed by atoms with Crippen LogP contribution in [0.2, 0.25) is 0 Å². The molecule has 0 spiro atoms. The molecule has 1 amide bonds. The Morgan fingerprint density at radius 1 is 1.07 bits per heavy atom. The smallest absolute Gasteiger partial charge is 0.251 e. The summed E-state index contributed by atoms with van der Waals surface area (Å²) in [5.74, 6) is -0.145. The molecule has 0 aromatic heterocycles. The molecule has 3 rings (SSSR count). The van der Waals surface area contributed by atoms with Gasteiger partial charge in [-0.3, -0.25) is 9.59 Å². The first-order valence-electron chi connectivity index (χ1n) is 9.06. The van der Waals surface area contributed by atoms with E-state index in [9.17, 15) is 14.7 Å². The Morgan fingerprint density at radius 3 is 2.56 bits per heavy atom. The van der Waals surface area contributed by atoms with Crippen molar-refractivity contribution in [3.8, 4) is 16.9 Å². The third-order valence-electron chi connectivity index (χ3n) is 4.77. The lowest BCUT2D eigenvalue weighted by Crippen LogP contribution is -2.37. The van der Waals surface area contributed by atoms with Gasteiger partial charge in [0.05, 0.1) is 5.56 Å². The molecule has 6 heteroatoms. The Bertz CT molecular complexity index is 789. The van der Waals surface area contributed by atoms with Crippen LogP contribution in [-0.4, -0.2) is 48.4 Å². The van der Waals surface area contributed by atoms with Crippen molar-refractivity contribution in [2.75, 3.05) is 26.2 Å². The quantitative estimate of drug-likeness (QED) is 0.743. The number of piperidine rings is 1. The molecule has 1 fully saturated rings. The second kappa shape index (κ2) is 10.1. The normalized spacial score (nSPS) is 14.2. The standard InChI is InChI=1S/C21H24N2O3.ClH/c24-15-19-14-17(7-8-20(19)25)16-5-4-6-18(13-16)21(26)22-9-12-23-10-2-1-3-11-23;/h4-8,13-15,25H,1-3,9-12H2,(H,22,26);1H. The molecule has 1 aliphatic heterocycles. The second-order valence-corrected chi connectivity index (χ2v) is 6.63. The molecule has 5 nitrogen and oxygen atoms in total. The zero-order chi connectivity index (χ0) is 18.4. The monoisotopic (exact) mass is 388 g/mol. The van der Waals surface area contributed by atoms with Gasteiger partial charge < -0.3 is 15.3 Å². The summed E-state index contributed by atoms with van der Waals surface area (Å²) in [6.45, 7) is 3.75. The predicted molar refractivity (Wildman–Crippen MR) is 109 cm³/mol. The summed E-state index contributed by atoms with van der Waals surface area (Å²) in [6.07, 6.45) is 4.41. The van der Waals surface area contributed by atoms with Gasteiger partial charge in [0.15, 0.2) is 6.29 Å². The minimum absolute atomic E-state index is 0. The second-order valence-electron chi connectivity index (χ2n) is 6.63. The summed E-state index contributed by atoms with van der Waals surface area (Å²) in [6, 6.07) is 12.1. The third-order valence-corrected chi connectivity index (χ3v) is 4.77. The van der Waals surface area contributed by atoms with Crippen LogP contribution in [0.1, 0.15) is 40.0 Å². The van der Waals surface area contributed by atoms with E-state index in [0.29, 0.717) is 18.4 Å². The molecule has 144 valence electrons. The number of amides is 1. The van der Waals surface area contributed by atoms with Crippen molar-refractivity contribution >= 4 is 24.6 Å². The maximum absolute atomic E-state index is 12.4. The van der Waals surface area contributed by atoms with E-state index in [1.807, 2.05) is 12.1 Å². The largest absolute Gasteiger partial charge is 0.507 e. The highest BCUT2D eigenvalue weighted by Crippen LogP contribution is 2.25. The van der Waals surface area contributed by atoms with E-state index in [1.54, 1.807) is 24.3 Å². The van der Waals surface area contributed by atoms with Crippen molar-refractivity contribution in [2.45, 2.75) is 19.3 Å². The van der Waals surface area contributed by atoms with Crippen molar-refractivity contribution in [3.05, 3.63) is 53.6 Å². The van der Waals surface area contributed by atoms with E-state index in [1.165, 1.54) is 25.3 Å². The van der Waals surface area contributed by atoms with Crippen molar-refractivity contribution in [2.24, 2.45) is 0 Å². The lowest BCUT2D eigenvalue weighted by atomic mass is 10.0. The number of benzene rings is 2. The number of likely N-dealkylation sites (tertiary alicyclic amines) is 1. The Balaban J connectivity index is 0.00000261. The van der Waals surface area contributed by atoms with Crippen LogP contribution in [0, 0.1) is 0 Å². The first kappa shape index (κ1) is 20.9. The van der Waals surface area contributed by atoms with Crippen molar-refractivity contribution in [1.29, 1.82) is 0 Å². The molecule has 1 saturated heterocycles. The molecule has 0 unspecified atom stereocenters. The van der Waals surface area contributed by atoms with Gasteiger partial charge in [0.2, 0.25) is 0 Å². The number of nitrogens with one attached hydrogen (secondary N) is 1. The minimum Gasteiger partial charge on any atom is -0.507 e. The molecule has 0 atom stereocenters. The highest BCUT2D eigenvalue weighted by molar-refractivity contribution is 5.95. The van der Waals surface area contributed by atoms with Crippen molar-refractivity contribution in [1.82, 2.24) is 10.2 Å². The van der Waals surface area contributed by atoms with E-state index in [0.717, 1.165) is 30.8 Å². The molecular weight excluding hydrogens is 364 g/mol. The van der Waals surface area contributed by atoms with Gasteiger partial charge >= 0.3 is 0 Å². The number of carbonyl (C=O) groups is 2. The third kappa shape index (κ3) is 5.55. The van der Waals surface area contributed by atoms with Crippen LogP contribution < -0.4 is 5.32 Å². The highest BCUT2D eigenvalue weighted by Gasteiger charge is 2.11. The van der Waals surface area contributed by atoms with Crippen LogP contribution in [0.3, 0.4) is 0 Å². The fourth-order valence-corrected chi connectivity index (χ4v) is 3.28. The van der Waals surface area contributed by atoms with Crippen LogP contribution in [0.4, 0.5) is 0 Å². The average molecular weight is 389 g/mol.